The van der Waals surface area contributed by atoms with Gasteiger partial charge in [0.2, 0.25) is 11.8 Å². The number of allylic oxidation sites excluding steroid dienone is 2. The first-order valence-corrected chi connectivity index (χ1v) is 9.16. The molecule has 1 unspecified atom stereocenters. The molecule has 0 bridgehead atoms. The smallest absolute Gasteiger partial charge is 0.267 e. The summed E-state index contributed by atoms with van der Waals surface area (Å²) in [5.41, 5.74) is 6.51. The average Bonchev–Trinajstić information content (AvgIpc) is 3.02. The van der Waals surface area contributed by atoms with Gasteiger partial charge in [0.15, 0.2) is 0 Å². The van der Waals surface area contributed by atoms with Crippen LogP contribution < -0.4 is 11.1 Å². The minimum atomic E-state index is -3.19. The number of carbonyl (C=O) groups excluding carboxylic acids is 3. The second-order valence-electron chi connectivity index (χ2n) is 6.13. The molecule has 0 aliphatic carbocycles. The highest BCUT2D eigenvalue weighted by Crippen LogP contribution is 2.31. The molecule has 1 aliphatic rings. The highest BCUT2D eigenvalue weighted by molar-refractivity contribution is 6.00. The van der Waals surface area contributed by atoms with Crippen molar-refractivity contribution in [2.45, 2.75) is 39.2 Å². The van der Waals surface area contributed by atoms with Crippen LogP contribution in [0.2, 0.25) is 0 Å². The van der Waals surface area contributed by atoms with Crippen LogP contribution in [-0.2, 0) is 9.59 Å². The molecular formula is C20H26F2N4O3. The molecule has 1 aromatic rings. The standard InChI is InChI=1S/C18H20F2N4O3.C2H6/c1-3-4-5-12-11(2)22-7-6-13(12)17(27)23-9-15(25)24-10-18(19,20)8-14(24)16(21)26;1-2/h3-7,14H,1,8-10H2,2H3,(H2,21,26)(H,23,27);1-2H3/b5-4-;. The third-order valence-electron chi connectivity index (χ3n) is 4.15. The quantitative estimate of drug-likeness (QED) is 0.703. The minimum absolute atomic E-state index is 0.270. The molecule has 1 fully saturated rings. The van der Waals surface area contributed by atoms with E-state index >= 15 is 0 Å². The Labute approximate surface area is 168 Å². The summed E-state index contributed by atoms with van der Waals surface area (Å²) in [4.78, 5) is 40.8. The fourth-order valence-corrected chi connectivity index (χ4v) is 2.84. The van der Waals surface area contributed by atoms with E-state index < -0.39 is 49.2 Å². The zero-order chi connectivity index (χ0) is 22.2. The molecule has 2 heterocycles. The van der Waals surface area contributed by atoms with Gasteiger partial charge in [-0.05, 0) is 13.0 Å². The first kappa shape index (κ1) is 23.9. The van der Waals surface area contributed by atoms with Gasteiger partial charge in [0.25, 0.3) is 11.8 Å². The summed E-state index contributed by atoms with van der Waals surface area (Å²) in [6.45, 7) is 7.83. The molecule has 1 atom stereocenters. The van der Waals surface area contributed by atoms with Crippen molar-refractivity contribution in [1.29, 1.82) is 0 Å². The van der Waals surface area contributed by atoms with Gasteiger partial charge in [-0.1, -0.05) is 38.7 Å². The predicted octanol–water partition coefficient (Wildman–Crippen LogP) is 2.07. The van der Waals surface area contributed by atoms with Gasteiger partial charge in [-0.15, -0.1) is 0 Å². The van der Waals surface area contributed by atoms with Gasteiger partial charge in [0.1, 0.15) is 6.04 Å². The van der Waals surface area contributed by atoms with Crippen molar-refractivity contribution < 1.29 is 23.2 Å². The minimum Gasteiger partial charge on any atom is -0.368 e. The number of nitrogens with one attached hydrogen (secondary N) is 1. The molecular weight excluding hydrogens is 382 g/mol. The molecule has 1 saturated heterocycles. The Morgan fingerprint density at radius 1 is 1.41 bits per heavy atom. The third kappa shape index (κ3) is 6.20. The summed E-state index contributed by atoms with van der Waals surface area (Å²) in [5, 5.41) is 2.39. The largest absolute Gasteiger partial charge is 0.368 e. The molecule has 0 radical (unpaired) electrons. The molecule has 7 nitrogen and oxygen atoms in total. The molecule has 0 saturated carbocycles. The summed E-state index contributed by atoms with van der Waals surface area (Å²) in [5.74, 6) is -5.57. The third-order valence-corrected chi connectivity index (χ3v) is 4.15. The molecule has 1 aliphatic heterocycles. The van der Waals surface area contributed by atoms with E-state index in [4.69, 9.17) is 5.73 Å². The Balaban J connectivity index is 0.00000204. The first-order chi connectivity index (χ1) is 13.7. The number of alkyl halides is 2. The Bertz CT molecular complexity index is 809. The molecule has 0 spiro atoms. The van der Waals surface area contributed by atoms with Gasteiger partial charge >= 0.3 is 0 Å². The number of likely N-dealkylation sites (tertiary alicyclic amines) is 1. The van der Waals surface area contributed by atoms with E-state index in [1.54, 1.807) is 19.1 Å². The number of aromatic nitrogens is 1. The summed E-state index contributed by atoms with van der Waals surface area (Å²) < 4.78 is 27.1. The van der Waals surface area contributed by atoms with Crippen LogP contribution in [-0.4, -0.2) is 52.7 Å². The van der Waals surface area contributed by atoms with Crippen LogP contribution in [0.3, 0.4) is 0 Å². The van der Waals surface area contributed by atoms with Crippen LogP contribution in [0.25, 0.3) is 6.08 Å². The number of primary amides is 1. The van der Waals surface area contributed by atoms with E-state index in [0.717, 1.165) is 0 Å². The lowest BCUT2D eigenvalue weighted by molar-refractivity contribution is -0.136. The number of hydrogen-bond donors (Lipinski definition) is 2. The number of pyridine rings is 1. The molecule has 9 heteroatoms. The normalized spacial score (nSPS) is 17.4. The summed E-state index contributed by atoms with van der Waals surface area (Å²) in [7, 11) is 0. The van der Waals surface area contributed by atoms with Crippen molar-refractivity contribution in [3.05, 3.63) is 47.8 Å². The van der Waals surface area contributed by atoms with Gasteiger partial charge in [-0.25, -0.2) is 8.78 Å². The van der Waals surface area contributed by atoms with Gasteiger partial charge in [0.05, 0.1) is 13.1 Å². The van der Waals surface area contributed by atoms with Crippen molar-refractivity contribution in [3.63, 3.8) is 0 Å². The van der Waals surface area contributed by atoms with Gasteiger partial charge in [0, 0.05) is 29.4 Å². The number of rotatable bonds is 6. The van der Waals surface area contributed by atoms with E-state index in [2.05, 4.69) is 16.9 Å². The van der Waals surface area contributed by atoms with Crippen molar-refractivity contribution in [1.82, 2.24) is 15.2 Å². The van der Waals surface area contributed by atoms with E-state index in [-0.39, 0.29) is 5.56 Å². The van der Waals surface area contributed by atoms with E-state index in [1.807, 2.05) is 13.8 Å². The summed E-state index contributed by atoms with van der Waals surface area (Å²) in [6.07, 6.45) is 5.45. The molecule has 0 aromatic carbocycles. The summed E-state index contributed by atoms with van der Waals surface area (Å²) >= 11 is 0. The Kier molecular flexibility index (Phi) is 8.62. The number of hydrogen-bond acceptors (Lipinski definition) is 4. The second kappa shape index (κ2) is 10.4. The number of carbonyl (C=O) groups is 3. The lowest BCUT2D eigenvalue weighted by Crippen LogP contribution is -2.47. The number of halogens is 2. The Hall–Kier alpha value is -3.10. The number of nitrogens with zero attached hydrogens (tertiary/aromatic N) is 2. The second-order valence-corrected chi connectivity index (χ2v) is 6.13. The summed E-state index contributed by atoms with van der Waals surface area (Å²) in [6, 6.07) is 0.0878. The van der Waals surface area contributed by atoms with Crippen LogP contribution >= 0.6 is 0 Å². The van der Waals surface area contributed by atoms with Crippen LogP contribution in [0, 0.1) is 6.92 Å². The molecule has 1 aromatic heterocycles. The monoisotopic (exact) mass is 408 g/mol. The van der Waals surface area contributed by atoms with E-state index in [0.29, 0.717) is 16.2 Å². The zero-order valence-electron chi connectivity index (χ0n) is 16.7. The van der Waals surface area contributed by atoms with Crippen LogP contribution in [0.4, 0.5) is 8.78 Å². The maximum atomic E-state index is 13.5. The van der Waals surface area contributed by atoms with E-state index in [9.17, 15) is 23.2 Å². The van der Waals surface area contributed by atoms with Crippen LogP contribution in [0.1, 0.15) is 41.9 Å². The zero-order valence-corrected chi connectivity index (χ0v) is 16.7. The van der Waals surface area contributed by atoms with Crippen LogP contribution in [0.15, 0.2) is 31.0 Å². The number of amides is 3. The fourth-order valence-electron chi connectivity index (χ4n) is 2.84. The molecule has 158 valence electrons. The lowest BCUT2D eigenvalue weighted by Gasteiger charge is -2.21. The highest BCUT2D eigenvalue weighted by Gasteiger charge is 2.49. The van der Waals surface area contributed by atoms with Crippen molar-refractivity contribution in [2.24, 2.45) is 5.73 Å². The molecule has 29 heavy (non-hydrogen) atoms. The molecule has 3 N–H and O–H groups in total. The Morgan fingerprint density at radius 3 is 2.66 bits per heavy atom. The topological polar surface area (TPSA) is 105 Å². The van der Waals surface area contributed by atoms with Crippen LogP contribution in [0.5, 0.6) is 0 Å². The number of nitrogens with two attached hydrogens (primary N) is 1. The average molecular weight is 408 g/mol. The molecule has 2 rings (SSSR count). The lowest BCUT2D eigenvalue weighted by atomic mass is 10.1. The maximum Gasteiger partial charge on any atom is 0.267 e. The Morgan fingerprint density at radius 2 is 2.07 bits per heavy atom. The van der Waals surface area contributed by atoms with Gasteiger partial charge < -0.3 is 16.0 Å². The van der Waals surface area contributed by atoms with Crippen molar-refractivity contribution in [3.8, 4) is 0 Å². The maximum absolute atomic E-state index is 13.5. The fraction of sp³-hybridized carbons (Fsp3) is 0.400. The SMILES string of the molecule is C=C/C=C\c1c(C(=O)NCC(=O)N2CC(F)(F)CC2C(N)=O)ccnc1C.CC. The predicted molar refractivity (Wildman–Crippen MR) is 106 cm³/mol. The first-order valence-electron chi connectivity index (χ1n) is 9.16. The number of aryl methyl sites for hydroxylation is 1. The van der Waals surface area contributed by atoms with Gasteiger partial charge in [-0.2, -0.15) is 0 Å². The van der Waals surface area contributed by atoms with Gasteiger partial charge in [-0.3, -0.25) is 19.4 Å². The highest BCUT2D eigenvalue weighted by atomic mass is 19.3. The van der Waals surface area contributed by atoms with E-state index in [1.165, 1.54) is 18.3 Å². The van der Waals surface area contributed by atoms with Crippen molar-refractivity contribution in [2.75, 3.05) is 13.1 Å². The van der Waals surface area contributed by atoms with Crippen molar-refractivity contribution >= 4 is 23.8 Å². The molecule has 3 amide bonds.